The van der Waals surface area contributed by atoms with E-state index in [0.717, 1.165) is 11.4 Å². The number of nitrogens with two attached hydrogens (primary N) is 1. The molecule has 1 aromatic heterocycles. The van der Waals surface area contributed by atoms with E-state index in [2.05, 4.69) is 10.4 Å². The molecular weight excluding hydrogens is 224 g/mol. The normalized spacial score (nSPS) is 12.7. The van der Waals surface area contributed by atoms with Crippen molar-refractivity contribution in [2.75, 3.05) is 0 Å². The van der Waals surface area contributed by atoms with Gasteiger partial charge in [0.25, 0.3) is 0 Å². The zero-order chi connectivity index (χ0) is 11.5. The van der Waals surface area contributed by atoms with E-state index in [1.54, 1.807) is 6.20 Å². The number of nitrogens with one attached hydrogen (secondary N) is 1. The summed E-state index contributed by atoms with van der Waals surface area (Å²) >= 11 is 5.84. The summed E-state index contributed by atoms with van der Waals surface area (Å²) in [5.41, 5.74) is 3.78. The summed E-state index contributed by atoms with van der Waals surface area (Å²) in [5, 5.41) is 0.708. The molecule has 0 fully saturated rings. The van der Waals surface area contributed by atoms with Gasteiger partial charge in [0.2, 0.25) is 0 Å². The Labute approximate surface area is 99.0 Å². The maximum atomic E-state index is 5.84. The third-order valence-electron chi connectivity index (χ3n) is 2.49. The van der Waals surface area contributed by atoms with Gasteiger partial charge in [-0.15, -0.1) is 0 Å². The number of aromatic nitrogens is 2. The Morgan fingerprint density at radius 2 is 2.06 bits per heavy atom. The van der Waals surface area contributed by atoms with E-state index in [9.17, 15) is 0 Å². The molecule has 0 bridgehead atoms. The topological polar surface area (TPSA) is 55.9 Å². The van der Waals surface area contributed by atoms with Gasteiger partial charge in [0.05, 0.1) is 0 Å². The molecule has 2 rings (SSSR count). The molecule has 1 aromatic carbocycles. The average molecular weight is 237 g/mol. The molecule has 0 saturated carbocycles. The van der Waals surface area contributed by atoms with Crippen molar-refractivity contribution in [1.82, 2.24) is 15.0 Å². The first kappa shape index (κ1) is 11.1. The number of benzene rings is 1. The van der Waals surface area contributed by atoms with Crippen LogP contribution in [0.3, 0.4) is 0 Å². The van der Waals surface area contributed by atoms with Crippen molar-refractivity contribution in [3.8, 4) is 0 Å². The quantitative estimate of drug-likeness (QED) is 0.629. The lowest BCUT2D eigenvalue weighted by atomic mass is 10.1. The molecule has 0 amide bonds. The van der Waals surface area contributed by atoms with Crippen LogP contribution in [0.5, 0.6) is 0 Å². The smallest absolute Gasteiger partial charge is 0.131 e. The minimum Gasteiger partial charge on any atom is -0.336 e. The highest BCUT2D eigenvalue weighted by atomic mass is 35.5. The maximum Gasteiger partial charge on any atom is 0.131 e. The molecule has 1 heterocycles. The van der Waals surface area contributed by atoms with Gasteiger partial charge in [0.1, 0.15) is 11.9 Å². The van der Waals surface area contributed by atoms with Crippen molar-refractivity contribution in [2.24, 2.45) is 12.9 Å². The second-order valence-corrected chi connectivity index (χ2v) is 3.98. The molecule has 0 spiro atoms. The molecule has 4 nitrogen and oxygen atoms in total. The molecule has 16 heavy (non-hydrogen) atoms. The molecule has 1 atom stereocenters. The third-order valence-corrected chi connectivity index (χ3v) is 2.74. The Balaban J connectivity index is 2.37. The highest BCUT2D eigenvalue weighted by Gasteiger charge is 2.16. The minimum absolute atomic E-state index is 0.128. The molecule has 0 aliphatic carbocycles. The molecule has 0 saturated heterocycles. The van der Waals surface area contributed by atoms with Crippen LogP contribution in [0.4, 0.5) is 0 Å². The standard InChI is InChI=1S/C11H13ClN4/c1-16-7-6-14-11(16)10(15-13)8-2-4-9(12)5-3-8/h2-7,10,15H,13H2,1H3. The summed E-state index contributed by atoms with van der Waals surface area (Å²) in [4.78, 5) is 4.27. The Hall–Kier alpha value is -1.36. The van der Waals surface area contributed by atoms with Gasteiger partial charge in [0.15, 0.2) is 0 Å². The van der Waals surface area contributed by atoms with Crippen molar-refractivity contribution in [3.63, 3.8) is 0 Å². The lowest BCUT2D eigenvalue weighted by Crippen LogP contribution is -2.30. The van der Waals surface area contributed by atoms with E-state index in [4.69, 9.17) is 17.4 Å². The molecule has 0 aliphatic heterocycles. The largest absolute Gasteiger partial charge is 0.336 e. The van der Waals surface area contributed by atoms with Gasteiger partial charge in [-0.3, -0.25) is 5.84 Å². The van der Waals surface area contributed by atoms with E-state index in [-0.39, 0.29) is 6.04 Å². The van der Waals surface area contributed by atoms with Crippen LogP contribution in [-0.4, -0.2) is 9.55 Å². The molecule has 84 valence electrons. The summed E-state index contributed by atoms with van der Waals surface area (Å²) < 4.78 is 1.93. The molecule has 2 aromatic rings. The predicted octanol–water partition coefficient (Wildman–Crippen LogP) is 1.63. The van der Waals surface area contributed by atoms with Crippen LogP contribution >= 0.6 is 11.6 Å². The van der Waals surface area contributed by atoms with Crippen LogP contribution in [0, 0.1) is 0 Å². The Bertz CT molecular complexity index is 463. The third kappa shape index (κ3) is 2.09. The van der Waals surface area contributed by atoms with Crippen LogP contribution in [-0.2, 0) is 7.05 Å². The van der Waals surface area contributed by atoms with Crippen LogP contribution in [0.2, 0.25) is 5.02 Å². The van der Waals surface area contributed by atoms with E-state index < -0.39 is 0 Å². The van der Waals surface area contributed by atoms with Gasteiger partial charge in [-0.05, 0) is 17.7 Å². The predicted molar refractivity (Wildman–Crippen MR) is 63.8 cm³/mol. The highest BCUT2D eigenvalue weighted by molar-refractivity contribution is 6.30. The summed E-state index contributed by atoms with van der Waals surface area (Å²) in [5.74, 6) is 6.43. The van der Waals surface area contributed by atoms with Crippen molar-refractivity contribution in [1.29, 1.82) is 0 Å². The first-order chi connectivity index (χ1) is 7.72. The summed E-state index contributed by atoms with van der Waals surface area (Å²) in [6, 6.07) is 7.41. The maximum absolute atomic E-state index is 5.84. The van der Waals surface area contributed by atoms with Gasteiger partial charge in [0, 0.05) is 24.5 Å². The number of nitrogens with zero attached hydrogens (tertiary/aromatic N) is 2. The SMILES string of the molecule is Cn1ccnc1C(NN)c1ccc(Cl)cc1. The number of halogens is 1. The Kier molecular flexibility index (Phi) is 3.24. The second kappa shape index (κ2) is 4.65. The van der Waals surface area contributed by atoms with Crippen molar-refractivity contribution >= 4 is 11.6 Å². The first-order valence-electron chi connectivity index (χ1n) is 4.91. The number of imidazole rings is 1. The minimum atomic E-state index is -0.128. The average Bonchev–Trinajstić information content (AvgIpc) is 2.69. The van der Waals surface area contributed by atoms with Crippen LogP contribution in [0.25, 0.3) is 0 Å². The zero-order valence-electron chi connectivity index (χ0n) is 8.89. The van der Waals surface area contributed by atoms with E-state index >= 15 is 0 Å². The summed E-state index contributed by atoms with van der Waals surface area (Å²) in [7, 11) is 1.93. The van der Waals surface area contributed by atoms with Crippen molar-refractivity contribution < 1.29 is 0 Å². The molecular formula is C11H13ClN4. The second-order valence-electron chi connectivity index (χ2n) is 3.55. The fraction of sp³-hybridized carbons (Fsp3) is 0.182. The lowest BCUT2D eigenvalue weighted by molar-refractivity contribution is 0.580. The summed E-state index contributed by atoms with van der Waals surface area (Å²) in [6.07, 6.45) is 3.63. The van der Waals surface area contributed by atoms with Crippen molar-refractivity contribution in [3.05, 3.63) is 53.1 Å². The van der Waals surface area contributed by atoms with Gasteiger partial charge in [-0.2, -0.15) is 0 Å². The number of hydrogen-bond acceptors (Lipinski definition) is 3. The molecule has 1 unspecified atom stereocenters. The molecule has 0 aliphatic rings. The van der Waals surface area contributed by atoms with Crippen LogP contribution in [0.1, 0.15) is 17.4 Å². The van der Waals surface area contributed by atoms with E-state index in [0.29, 0.717) is 5.02 Å². The van der Waals surface area contributed by atoms with Gasteiger partial charge in [-0.25, -0.2) is 10.4 Å². The highest BCUT2D eigenvalue weighted by Crippen LogP contribution is 2.21. The lowest BCUT2D eigenvalue weighted by Gasteiger charge is -2.16. The molecule has 3 N–H and O–H groups in total. The number of rotatable bonds is 3. The Morgan fingerprint density at radius 3 is 2.56 bits per heavy atom. The fourth-order valence-electron chi connectivity index (χ4n) is 1.63. The van der Waals surface area contributed by atoms with E-state index in [1.807, 2.05) is 42.1 Å². The van der Waals surface area contributed by atoms with Gasteiger partial charge < -0.3 is 4.57 Å². The number of hydrazine groups is 1. The molecule has 5 heteroatoms. The fourth-order valence-corrected chi connectivity index (χ4v) is 1.76. The van der Waals surface area contributed by atoms with E-state index in [1.165, 1.54) is 0 Å². The van der Waals surface area contributed by atoms with Gasteiger partial charge in [-0.1, -0.05) is 23.7 Å². The van der Waals surface area contributed by atoms with Crippen molar-refractivity contribution in [2.45, 2.75) is 6.04 Å². The monoisotopic (exact) mass is 236 g/mol. The van der Waals surface area contributed by atoms with Crippen LogP contribution in [0.15, 0.2) is 36.7 Å². The zero-order valence-corrected chi connectivity index (χ0v) is 9.65. The number of hydrogen-bond donors (Lipinski definition) is 2. The number of aryl methyl sites for hydroxylation is 1. The first-order valence-corrected chi connectivity index (χ1v) is 5.29. The molecule has 0 radical (unpaired) electrons. The Morgan fingerprint density at radius 1 is 1.38 bits per heavy atom. The summed E-state index contributed by atoms with van der Waals surface area (Å²) in [6.45, 7) is 0. The van der Waals surface area contributed by atoms with Gasteiger partial charge >= 0.3 is 0 Å². The van der Waals surface area contributed by atoms with Crippen LogP contribution < -0.4 is 11.3 Å².